The highest BCUT2D eigenvalue weighted by molar-refractivity contribution is 7.17. The molecule has 2 N–H and O–H groups in total. The van der Waals surface area contributed by atoms with Crippen LogP contribution in [0.15, 0.2) is 36.7 Å². The van der Waals surface area contributed by atoms with Gasteiger partial charge >= 0.3 is 12.3 Å². The van der Waals surface area contributed by atoms with Gasteiger partial charge in [-0.1, -0.05) is 11.3 Å². The lowest BCUT2D eigenvalue weighted by molar-refractivity contribution is -0.137. The summed E-state index contributed by atoms with van der Waals surface area (Å²) in [5, 5.41) is 9.44. The molecule has 0 saturated carbocycles. The molecular formula is C23H23F3N6O4S. The molecule has 0 aliphatic carbocycles. The van der Waals surface area contributed by atoms with Crippen molar-refractivity contribution in [3.63, 3.8) is 0 Å². The minimum Gasteiger partial charge on any atom is -0.444 e. The number of nitrogens with zero attached hydrogens (tertiary/aromatic N) is 4. The SMILES string of the molecule is C[C@H]1CN(c2ccc(C(F)(F)F)cc2)C(=O)c2c(NC(=O)c3cnc(NC(=O)OC(C)(C)C)s3)cnn21. The zero-order valence-electron chi connectivity index (χ0n) is 20.2. The molecule has 10 nitrogen and oxygen atoms in total. The highest BCUT2D eigenvalue weighted by Crippen LogP contribution is 2.34. The van der Waals surface area contributed by atoms with E-state index in [0.717, 1.165) is 23.5 Å². The number of carbonyl (C=O) groups is 3. The number of anilines is 3. The van der Waals surface area contributed by atoms with Gasteiger partial charge in [-0.05, 0) is 52.0 Å². The zero-order valence-corrected chi connectivity index (χ0v) is 21.0. The van der Waals surface area contributed by atoms with Gasteiger partial charge in [-0.25, -0.2) is 9.78 Å². The van der Waals surface area contributed by atoms with Crippen molar-refractivity contribution in [2.45, 2.75) is 45.5 Å². The number of thiazole rings is 1. The van der Waals surface area contributed by atoms with Gasteiger partial charge in [-0.2, -0.15) is 18.3 Å². The van der Waals surface area contributed by atoms with E-state index in [1.54, 1.807) is 27.7 Å². The number of halogens is 3. The van der Waals surface area contributed by atoms with Crippen LogP contribution in [0.5, 0.6) is 0 Å². The third-order valence-electron chi connectivity index (χ3n) is 5.20. The van der Waals surface area contributed by atoms with Gasteiger partial charge in [0.25, 0.3) is 11.8 Å². The lowest BCUT2D eigenvalue weighted by atomic mass is 10.1. The van der Waals surface area contributed by atoms with Gasteiger partial charge in [0.15, 0.2) is 10.8 Å². The number of fused-ring (bicyclic) bond motifs is 1. The molecule has 3 aromatic rings. The van der Waals surface area contributed by atoms with Gasteiger partial charge in [0.1, 0.15) is 10.5 Å². The van der Waals surface area contributed by atoms with E-state index in [4.69, 9.17) is 4.74 Å². The summed E-state index contributed by atoms with van der Waals surface area (Å²) >= 11 is 0.907. The van der Waals surface area contributed by atoms with Gasteiger partial charge in [0.05, 0.1) is 29.7 Å². The van der Waals surface area contributed by atoms with Crippen LogP contribution in [-0.4, -0.2) is 44.8 Å². The maximum atomic E-state index is 13.3. The van der Waals surface area contributed by atoms with Crippen LogP contribution in [0.4, 0.5) is 34.5 Å². The van der Waals surface area contributed by atoms with Crippen molar-refractivity contribution in [2.75, 3.05) is 22.1 Å². The molecule has 0 fully saturated rings. The number of hydrogen-bond donors (Lipinski definition) is 2. The quantitative estimate of drug-likeness (QED) is 0.475. The molecule has 196 valence electrons. The van der Waals surface area contributed by atoms with E-state index >= 15 is 0 Å². The molecule has 0 bridgehead atoms. The number of alkyl halides is 3. The van der Waals surface area contributed by atoms with Gasteiger partial charge in [0.2, 0.25) is 0 Å². The van der Waals surface area contributed by atoms with E-state index in [0.29, 0.717) is 0 Å². The second-order valence-corrected chi connectivity index (χ2v) is 10.3. The summed E-state index contributed by atoms with van der Waals surface area (Å²) in [6.07, 6.45) is -2.62. The highest BCUT2D eigenvalue weighted by atomic mass is 32.1. The van der Waals surface area contributed by atoms with E-state index < -0.39 is 35.2 Å². The van der Waals surface area contributed by atoms with Crippen LogP contribution in [0, 0.1) is 0 Å². The molecule has 1 aliphatic heterocycles. The lowest BCUT2D eigenvalue weighted by Gasteiger charge is -2.32. The number of benzene rings is 1. The molecule has 1 aromatic carbocycles. The monoisotopic (exact) mass is 536 g/mol. The summed E-state index contributed by atoms with van der Waals surface area (Å²) in [4.78, 5) is 43.6. The standard InChI is InChI=1S/C23H23F3N6O4S/c1-12-11-31(14-7-5-13(6-8-14)23(24,25)26)19(34)17-15(9-28-32(12)17)29-18(33)16-10-27-20(37-16)30-21(35)36-22(2,3)4/h5-10,12H,11H2,1-4H3,(H,29,33)(H,27,30,35)/t12-/m0/s1. The minimum absolute atomic E-state index is 0.0867. The summed E-state index contributed by atoms with van der Waals surface area (Å²) in [7, 11) is 0. The molecule has 1 atom stereocenters. The Kier molecular flexibility index (Phi) is 6.71. The van der Waals surface area contributed by atoms with Crippen LogP contribution in [0.3, 0.4) is 0 Å². The van der Waals surface area contributed by atoms with Crippen LogP contribution >= 0.6 is 11.3 Å². The zero-order chi connectivity index (χ0) is 27.1. The maximum Gasteiger partial charge on any atom is 0.416 e. The van der Waals surface area contributed by atoms with E-state index in [2.05, 4.69) is 20.7 Å². The van der Waals surface area contributed by atoms with Crippen molar-refractivity contribution < 1.29 is 32.3 Å². The molecular weight excluding hydrogens is 513 g/mol. The Morgan fingerprint density at radius 1 is 1.11 bits per heavy atom. The van der Waals surface area contributed by atoms with Gasteiger partial charge in [0, 0.05) is 12.2 Å². The number of ether oxygens (including phenoxy) is 1. The minimum atomic E-state index is -4.49. The average molecular weight is 537 g/mol. The molecule has 4 rings (SSSR count). The summed E-state index contributed by atoms with van der Waals surface area (Å²) in [6, 6.07) is 3.97. The molecule has 0 spiro atoms. The maximum absolute atomic E-state index is 13.3. The molecule has 1 aliphatic rings. The average Bonchev–Trinajstić information content (AvgIpc) is 3.42. The molecule has 14 heteroatoms. The third kappa shape index (κ3) is 5.74. The largest absolute Gasteiger partial charge is 0.444 e. The Labute approximate surface area is 213 Å². The lowest BCUT2D eigenvalue weighted by Crippen LogP contribution is -2.43. The van der Waals surface area contributed by atoms with E-state index in [-0.39, 0.29) is 39.7 Å². The van der Waals surface area contributed by atoms with Crippen molar-refractivity contribution in [3.05, 3.63) is 52.8 Å². The first kappa shape index (κ1) is 26.1. The summed E-state index contributed by atoms with van der Waals surface area (Å²) < 4.78 is 45.4. The van der Waals surface area contributed by atoms with Crippen LogP contribution in [0.2, 0.25) is 0 Å². The summed E-state index contributed by atoms with van der Waals surface area (Å²) in [6.45, 7) is 7.10. The van der Waals surface area contributed by atoms with Crippen LogP contribution in [0.25, 0.3) is 0 Å². The fourth-order valence-electron chi connectivity index (χ4n) is 3.62. The highest BCUT2D eigenvalue weighted by Gasteiger charge is 2.35. The van der Waals surface area contributed by atoms with Crippen molar-refractivity contribution in [1.82, 2.24) is 14.8 Å². The molecule has 2 aromatic heterocycles. The second kappa shape index (κ2) is 9.50. The first-order valence-corrected chi connectivity index (χ1v) is 11.9. The Hall–Kier alpha value is -3.94. The molecule has 0 unspecified atom stereocenters. The third-order valence-corrected chi connectivity index (χ3v) is 6.11. The smallest absolute Gasteiger partial charge is 0.416 e. The molecule has 3 heterocycles. The predicted octanol–water partition coefficient (Wildman–Crippen LogP) is 5.18. The number of hydrogen-bond acceptors (Lipinski definition) is 7. The normalized spacial score (nSPS) is 15.8. The predicted molar refractivity (Wildman–Crippen MR) is 130 cm³/mol. The van der Waals surface area contributed by atoms with E-state index in [1.165, 1.54) is 34.1 Å². The number of nitrogens with one attached hydrogen (secondary N) is 2. The molecule has 0 radical (unpaired) electrons. The molecule has 0 saturated heterocycles. The van der Waals surface area contributed by atoms with Gasteiger partial charge in [-0.15, -0.1) is 0 Å². The Bertz CT molecular complexity index is 1340. The number of carbonyl (C=O) groups excluding carboxylic acids is 3. The topological polar surface area (TPSA) is 118 Å². The van der Waals surface area contributed by atoms with Crippen LogP contribution in [0.1, 0.15) is 59.5 Å². The molecule has 3 amide bonds. The van der Waals surface area contributed by atoms with Crippen LogP contribution < -0.4 is 15.5 Å². The van der Waals surface area contributed by atoms with Crippen LogP contribution in [-0.2, 0) is 10.9 Å². The number of rotatable bonds is 4. The first-order chi connectivity index (χ1) is 17.2. The van der Waals surface area contributed by atoms with Crippen molar-refractivity contribution in [3.8, 4) is 0 Å². The first-order valence-electron chi connectivity index (χ1n) is 11.1. The number of amides is 3. The fraction of sp³-hybridized carbons (Fsp3) is 0.348. The van der Waals surface area contributed by atoms with E-state index in [9.17, 15) is 27.6 Å². The van der Waals surface area contributed by atoms with Crippen molar-refractivity contribution in [2.24, 2.45) is 0 Å². The Balaban J connectivity index is 1.51. The second-order valence-electron chi connectivity index (χ2n) is 9.27. The van der Waals surface area contributed by atoms with Gasteiger partial charge in [-0.3, -0.25) is 19.6 Å². The van der Waals surface area contributed by atoms with E-state index in [1.807, 2.05) is 0 Å². The summed E-state index contributed by atoms with van der Waals surface area (Å²) in [5.41, 5.74) is -1.02. The Morgan fingerprint density at radius 2 is 1.78 bits per heavy atom. The fourth-order valence-corrected chi connectivity index (χ4v) is 4.32. The summed E-state index contributed by atoms with van der Waals surface area (Å²) in [5.74, 6) is -1.11. The number of aromatic nitrogens is 3. The Morgan fingerprint density at radius 3 is 2.41 bits per heavy atom. The molecule has 37 heavy (non-hydrogen) atoms. The van der Waals surface area contributed by atoms with Crippen molar-refractivity contribution in [1.29, 1.82) is 0 Å². The van der Waals surface area contributed by atoms with Gasteiger partial charge < -0.3 is 15.0 Å². The van der Waals surface area contributed by atoms with Crippen molar-refractivity contribution >= 4 is 45.8 Å².